The maximum Gasteiger partial charge on any atom is 0.0794 e. The van der Waals surface area contributed by atoms with Gasteiger partial charge in [-0.15, -0.1) is 11.3 Å². The summed E-state index contributed by atoms with van der Waals surface area (Å²) < 4.78 is 0. The number of hydrogen-bond acceptors (Lipinski definition) is 3. The molecule has 3 heteroatoms. The Morgan fingerprint density at radius 1 is 1.38 bits per heavy atom. The van der Waals surface area contributed by atoms with Crippen molar-refractivity contribution in [1.29, 1.82) is 0 Å². The predicted molar refractivity (Wildman–Crippen MR) is 71.9 cm³/mol. The Bertz CT molecular complexity index is 293. The fourth-order valence-electron chi connectivity index (χ4n) is 1.65. The molecule has 1 unspecified atom stereocenters. The largest absolute Gasteiger partial charge is 0.314 e. The second-order valence-corrected chi connectivity index (χ2v) is 6.22. The molecule has 1 aromatic heterocycles. The molecule has 1 aromatic rings. The molecular weight excluding hydrogens is 216 g/mol. The molecule has 1 N–H and O–H groups in total. The van der Waals surface area contributed by atoms with Crippen molar-refractivity contribution in [2.45, 2.75) is 47.1 Å². The van der Waals surface area contributed by atoms with Gasteiger partial charge in [0.2, 0.25) is 0 Å². The number of aromatic nitrogens is 1. The van der Waals surface area contributed by atoms with E-state index >= 15 is 0 Å². The van der Waals surface area contributed by atoms with Crippen molar-refractivity contribution in [3.05, 3.63) is 16.6 Å². The number of nitrogens with one attached hydrogen (secondary N) is 1. The molecule has 0 saturated carbocycles. The van der Waals surface area contributed by atoms with Gasteiger partial charge in [0.25, 0.3) is 0 Å². The fraction of sp³-hybridized carbons (Fsp3) is 0.769. The first kappa shape index (κ1) is 13.7. The molecule has 0 bridgehead atoms. The maximum absolute atomic E-state index is 4.40. The SMILES string of the molecule is CC(C)NCC(C)(Cc1cscn1)C(C)C. The van der Waals surface area contributed by atoms with Gasteiger partial charge >= 0.3 is 0 Å². The first-order valence-corrected chi connectivity index (χ1v) is 6.99. The molecule has 0 amide bonds. The van der Waals surface area contributed by atoms with Crippen LogP contribution in [0.5, 0.6) is 0 Å². The van der Waals surface area contributed by atoms with Crippen molar-refractivity contribution in [3.8, 4) is 0 Å². The van der Waals surface area contributed by atoms with Crippen LogP contribution in [0.2, 0.25) is 0 Å². The van der Waals surface area contributed by atoms with Crippen LogP contribution in [0.15, 0.2) is 10.9 Å². The lowest BCUT2D eigenvalue weighted by molar-refractivity contribution is 0.200. The number of hydrogen-bond donors (Lipinski definition) is 1. The number of nitrogens with zero attached hydrogens (tertiary/aromatic N) is 1. The quantitative estimate of drug-likeness (QED) is 0.825. The van der Waals surface area contributed by atoms with Crippen molar-refractivity contribution >= 4 is 11.3 Å². The molecule has 0 radical (unpaired) electrons. The maximum atomic E-state index is 4.40. The second-order valence-electron chi connectivity index (χ2n) is 5.50. The molecule has 2 nitrogen and oxygen atoms in total. The molecule has 92 valence electrons. The van der Waals surface area contributed by atoms with Crippen LogP contribution in [-0.4, -0.2) is 17.6 Å². The summed E-state index contributed by atoms with van der Waals surface area (Å²) in [6, 6.07) is 0.550. The summed E-state index contributed by atoms with van der Waals surface area (Å²) in [7, 11) is 0. The second kappa shape index (κ2) is 5.78. The summed E-state index contributed by atoms with van der Waals surface area (Å²) in [6.07, 6.45) is 1.06. The lowest BCUT2D eigenvalue weighted by Crippen LogP contribution is -2.40. The van der Waals surface area contributed by atoms with Gasteiger partial charge in [0.05, 0.1) is 11.2 Å². The molecule has 0 aliphatic carbocycles. The van der Waals surface area contributed by atoms with E-state index in [9.17, 15) is 0 Å². The van der Waals surface area contributed by atoms with Gasteiger partial charge in [-0.2, -0.15) is 0 Å². The van der Waals surface area contributed by atoms with Crippen LogP contribution in [0.4, 0.5) is 0 Å². The highest BCUT2D eigenvalue weighted by molar-refractivity contribution is 7.07. The van der Waals surface area contributed by atoms with E-state index in [-0.39, 0.29) is 0 Å². The monoisotopic (exact) mass is 240 g/mol. The molecule has 0 spiro atoms. The van der Waals surface area contributed by atoms with Crippen LogP contribution >= 0.6 is 11.3 Å². The fourth-order valence-corrected chi connectivity index (χ4v) is 2.21. The first-order valence-electron chi connectivity index (χ1n) is 6.04. The minimum atomic E-state index is 0.290. The number of thiazole rings is 1. The lowest BCUT2D eigenvalue weighted by Gasteiger charge is -2.34. The van der Waals surface area contributed by atoms with Gasteiger partial charge in [-0.25, -0.2) is 4.98 Å². The van der Waals surface area contributed by atoms with E-state index in [0.717, 1.165) is 13.0 Å². The minimum absolute atomic E-state index is 0.290. The smallest absolute Gasteiger partial charge is 0.0794 e. The standard InChI is InChI=1S/C13H24N2S/c1-10(2)13(5,8-14-11(3)4)6-12-7-16-9-15-12/h7,9-11,14H,6,8H2,1-5H3. The zero-order valence-electron chi connectivity index (χ0n) is 11.1. The van der Waals surface area contributed by atoms with Crippen LogP contribution in [0.1, 0.15) is 40.3 Å². The van der Waals surface area contributed by atoms with E-state index in [4.69, 9.17) is 0 Å². The van der Waals surface area contributed by atoms with Crippen molar-refractivity contribution in [1.82, 2.24) is 10.3 Å². The summed E-state index contributed by atoms with van der Waals surface area (Å²) in [5.74, 6) is 0.653. The Labute approximate surface area is 103 Å². The summed E-state index contributed by atoms with van der Waals surface area (Å²) in [4.78, 5) is 4.40. The van der Waals surface area contributed by atoms with Crippen LogP contribution in [-0.2, 0) is 6.42 Å². The first-order chi connectivity index (χ1) is 7.44. The summed E-state index contributed by atoms with van der Waals surface area (Å²) >= 11 is 1.68. The highest BCUT2D eigenvalue weighted by Gasteiger charge is 2.29. The van der Waals surface area contributed by atoms with Crippen molar-refractivity contribution in [2.24, 2.45) is 11.3 Å². The van der Waals surface area contributed by atoms with Gasteiger partial charge in [0.15, 0.2) is 0 Å². The van der Waals surface area contributed by atoms with E-state index in [1.54, 1.807) is 11.3 Å². The average Bonchev–Trinajstić information content (AvgIpc) is 2.67. The highest BCUT2D eigenvalue weighted by Crippen LogP contribution is 2.30. The Morgan fingerprint density at radius 3 is 2.50 bits per heavy atom. The topological polar surface area (TPSA) is 24.9 Å². The van der Waals surface area contributed by atoms with Crippen molar-refractivity contribution < 1.29 is 0 Å². The minimum Gasteiger partial charge on any atom is -0.314 e. The van der Waals surface area contributed by atoms with Gasteiger partial charge in [-0.1, -0.05) is 34.6 Å². The van der Waals surface area contributed by atoms with Crippen LogP contribution in [0.25, 0.3) is 0 Å². The third-order valence-corrected chi connectivity index (χ3v) is 4.01. The average molecular weight is 240 g/mol. The zero-order valence-corrected chi connectivity index (χ0v) is 11.9. The van der Waals surface area contributed by atoms with Crippen LogP contribution in [0, 0.1) is 11.3 Å². The zero-order chi connectivity index (χ0) is 12.2. The summed E-state index contributed by atoms with van der Waals surface area (Å²) in [5.41, 5.74) is 3.44. The van der Waals surface area contributed by atoms with Gasteiger partial charge < -0.3 is 5.32 Å². The van der Waals surface area contributed by atoms with E-state index in [0.29, 0.717) is 17.4 Å². The Kier molecular flexibility index (Phi) is 4.93. The highest BCUT2D eigenvalue weighted by atomic mass is 32.1. The van der Waals surface area contributed by atoms with Crippen molar-refractivity contribution in [3.63, 3.8) is 0 Å². The molecule has 0 aliphatic heterocycles. The van der Waals surface area contributed by atoms with Crippen molar-refractivity contribution in [2.75, 3.05) is 6.54 Å². The third-order valence-electron chi connectivity index (χ3n) is 3.38. The van der Waals surface area contributed by atoms with Crippen LogP contribution in [0.3, 0.4) is 0 Å². The molecule has 0 fully saturated rings. The van der Waals surface area contributed by atoms with Crippen LogP contribution < -0.4 is 5.32 Å². The molecule has 1 rings (SSSR count). The molecule has 0 saturated heterocycles. The molecular formula is C13H24N2S. The van der Waals surface area contributed by atoms with Gasteiger partial charge in [-0.3, -0.25) is 0 Å². The summed E-state index contributed by atoms with van der Waals surface area (Å²) in [5, 5.41) is 5.72. The molecule has 0 aromatic carbocycles. The predicted octanol–water partition coefficient (Wildman–Crippen LogP) is 3.35. The Balaban J connectivity index is 2.65. The van der Waals surface area contributed by atoms with E-state index in [1.165, 1.54) is 5.69 Å². The molecule has 1 atom stereocenters. The normalized spacial score (nSPS) is 15.7. The third kappa shape index (κ3) is 3.87. The number of rotatable bonds is 6. The molecule has 0 aliphatic rings. The van der Waals surface area contributed by atoms with Gasteiger partial charge in [0, 0.05) is 18.0 Å². The lowest BCUT2D eigenvalue weighted by atomic mass is 9.75. The van der Waals surface area contributed by atoms with E-state index in [1.807, 2.05) is 5.51 Å². The Hall–Kier alpha value is -0.410. The van der Waals surface area contributed by atoms with E-state index < -0.39 is 0 Å². The van der Waals surface area contributed by atoms with E-state index in [2.05, 4.69) is 50.3 Å². The molecule has 1 heterocycles. The van der Waals surface area contributed by atoms with Gasteiger partial charge in [-0.05, 0) is 17.8 Å². The molecule has 16 heavy (non-hydrogen) atoms. The summed E-state index contributed by atoms with van der Waals surface area (Å²) in [6.45, 7) is 12.4. The Morgan fingerprint density at radius 2 is 2.06 bits per heavy atom. The van der Waals surface area contributed by atoms with Gasteiger partial charge in [0.1, 0.15) is 0 Å².